The zero-order chi connectivity index (χ0) is 15.4. The summed E-state index contributed by atoms with van der Waals surface area (Å²) in [6.07, 6.45) is 2.82. The van der Waals surface area contributed by atoms with Crippen LogP contribution in [0.15, 0.2) is 24.3 Å². The predicted molar refractivity (Wildman–Crippen MR) is 84.2 cm³/mol. The van der Waals surface area contributed by atoms with Gasteiger partial charge in [0.2, 0.25) is 5.91 Å². The second-order valence-corrected chi connectivity index (χ2v) is 5.69. The van der Waals surface area contributed by atoms with Gasteiger partial charge in [-0.15, -0.1) is 0 Å². The standard InChI is InChI=1S/C17H26N2O2/c1-5-7-15-17(20)19(12(3)6-2)16(18-15)13-8-10-14(21-4)11-9-13/h8-12,15-16,18H,5-7H2,1-4H3. The summed E-state index contributed by atoms with van der Waals surface area (Å²) in [5.41, 5.74) is 1.11. The van der Waals surface area contributed by atoms with Gasteiger partial charge in [0.25, 0.3) is 0 Å². The van der Waals surface area contributed by atoms with E-state index < -0.39 is 0 Å². The number of carbonyl (C=O) groups excluding carboxylic acids is 1. The molecule has 1 aromatic carbocycles. The van der Waals surface area contributed by atoms with Crippen molar-refractivity contribution in [1.29, 1.82) is 0 Å². The monoisotopic (exact) mass is 290 g/mol. The van der Waals surface area contributed by atoms with Crippen molar-refractivity contribution in [3.8, 4) is 5.75 Å². The van der Waals surface area contributed by atoms with E-state index in [0.29, 0.717) is 0 Å². The second-order valence-electron chi connectivity index (χ2n) is 5.69. The van der Waals surface area contributed by atoms with Crippen LogP contribution in [0.3, 0.4) is 0 Å². The molecule has 1 fully saturated rings. The van der Waals surface area contributed by atoms with Crippen molar-refractivity contribution in [3.63, 3.8) is 0 Å². The first-order valence-corrected chi connectivity index (χ1v) is 7.84. The van der Waals surface area contributed by atoms with Crippen LogP contribution in [0.4, 0.5) is 0 Å². The lowest BCUT2D eigenvalue weighted by Gasteiger charge is -2.30. The summed E-state index contributed by atoms with van der Waals surface area (Å²) in [5.74, 6) is 1.07. The Labute approximate surface area is 127 Å². The van der Waals surface area contributed by atoms with E-state index in [2.05, 4.69) is 26.1 Å². The maximum absolute atomic E-state index is 12.6. The number of amides is 1. The van der Waals surface area contributed by atoms with E-state index in [1.165, 1.54) is 0 Å². The topological polar surface area (TPSA) is 41.6 Å². The molecular weight excluding hydrogens is 264 g/mol. The Morgan fingerprint density at radius 2 is 1.95 bits per heavy atom. The lowest BCUT2D eigenvalue weighted by atomic mass is 10.1. The van der Waals surface area contributed by atoms with Gasteiger partial charge in [0.15, 0.2) is 0 Å². The maximum Gasteiger partial charge on any atom is 0.241 e. The molecule has 116 valence electrons. The van der Waals surface area contributed by atoms with Crippen LogP contribution < -0.4 is 10.1 Å². The molecule has 1 saturated heterocycles. The summed E-state index contributed by atoms with van der Waals surface area (Å²) in [6, 6.07) is 8.14. The van der Waals surface area contributed by atoms with Crippen molar-refractivity contribution in [2.45, 2.75) is 58.3 Å². The molecule has 2 rings (SSSR count). The lowest BCUT2D eigenvalue weighted by molar-refractivity contribution is -0.132. The molecule has 4 nitrogen and oxygen atoms in total. The summed E-state index contributed by atoms with van der Waals surface area (Å²) in [4.78, 5) is 14.6. The number of rotatable bonds is 6. The molecule has 3 atom stereocenters. The molecule has 0 spiro atoms. The van der Waals surface area contributed by atoms with Gasteiger partial charge in [-0.3, -0.25) is 10.1 Å². The number of nitrogens with zero attached hydrogens (tertiary/aromatic N) is 1. The maximum atomic E-state index is 12.6. The van der Waals surface area contributed by atoms with E-state index in [1.807, 2.05) is 29.2 Å². The third-order valence-corrected chi connectivity index (χ3v) is 4.26. The number of carbonyl (C=O) groups is 1. The lowest BCUT2D eigenvalue weighted by Crippen LogP contribution is -2.38. The van der Waals surface area contributed by atoms with Gasteiger partial charge in [-0.05, 0) is 37.5 Å². The van der Waals surface area contributed by atoms with Gasteiger partial charge in [-0.2, -0.15) is 0 Å². The second kappa shape index (κ2) is 6.94. The van der Waals surface area contributed by atoms with Crippen molar-refractivity contribution >= 4 is 5.91 Å². The summed E-state index contributed by atoms with van der Waals surface area (Å²) in [6.45, 7) is 6.35. The Morgan fingerprint density at radius 3 is 2.48 bits per heavy atom. The van der Waals surface area contributed by atoms with Gasteiger partial charge in [0, 0.05) is 6.04 Å². The highest BCUT2D eigenvalue weighted by molar-refractivity contribution is 5.84. The minimum absolute atomic E-state index is 0.0325. The van der Waals surface area contributed by atoms with Crippen LogP contribution >= 0.6 is 0 Å². The van der Waals surface area contributed by atoms with E-state index in [1.54, 1.807) is 7.11 Å². The highest BCUT2D eigenvalue weighted by atomic mass is 16.5. The molecule has 1 heterocycles. The molecule has 1 amide bonds. The first-order valence-electron chi connectivity index (χ1n) is 7.84. The molecule has 0 saturated carbocycles. The molecule has 0 radical (unpaired) electrons. The first-order chi connectivity index (χ1) is 10.1. The van der Waals surface area contributed by atoms with Crippen molar-refractivity contribution in [3.05, 3.63) is 29.8 Å². The van der Waals surface area contributed by atoms with Crippen LogP contribution in [0, 0.1) is 0 Å². The summed E-state index contributed by atoms with van der Waals surface area (Å²) in [5, 5.41) is 3.50. The molecule has 4 heteroatoms. The van der Waals surface area contributed by atoms with E-state index in [9.17, 15) is 4.79 Å². The zero-order valence-electron chi connectivity index (χ0n) is 13.4. The quantitative estimate of drug-likeness (QED) is 0.875. The van der Waals surface area contributed by atoms with E-state index in [4.69, 9.17) is 4.74 Å². The van der Waals surface area contributed by atoms with Gasteiger partial charge in [0.05, 0.1) is 13.2 Å². The molecule has 3 unspecified atom stereocenters. The normalized spacial score (nSPS) is 23.4. The van der Waals surface area contributed by atoms with Gasteiger partial charge in [0.1, 0.15) is 11.9 Å². The van der Waals surface area contributed by atoms with Crippen molar-refractivity contribution in [2.24, 2.45) is 0 Å². The van der Waals surface area contributed by atoms with Crippen LogP contribution in [0.1, 0.15) is 51.8 Å². The van der Waals surface area contributed by atoms with Crippen molar-refractivity contribution in [2.75, 3.05) is 7.11 Å². The Bertz CT molecular complexity index is 472. The fourth-order valence-electron chi connectivity index (χ4n) is 2.86. The Morgan fingerprint density at radius 1 is 1.29 bits per heavy atom. The molecule has 0 aliphatic carbocycles. The molecule has 0 bridgehead atoms. The molecular formula is C17H26N2O2. The van der Waals surface area contributed by atoms with Gasteiger partial charge < -0.3 is 9.64 Å². The largest absolute Gasteiger partial charge is 0.497 e. The average Bonchev–Trinajstić information content (AvgIpc) is 2.84. The molecule has 1 aromatic rings. The van der Waals surface area contributed by atoms with Gasteiger partial charge >= 0.3 is 0 Å². The van der Waals surface area contributed by atoms with Crippen LogP contribution in [-0.2, 0) is 4.79 Å². The average molecular weight is 290 g/mol. The SMILES string of the molecule is CCCC1NC(c2ccc(OC)cc2)N(C(C)CC)C1=O. The third kappa shape index (κ3) is 3.21. The molecule has 1 aliphatic heterocycles. The zero-order valence-corrected chi connectivity index (χ0v) is 13.4. The Hall–Kier alpha value is -1.55. The van der Waals surface area contributed by atoms with Crippen molar-refractivity contribution in [1.82, 2.24) is 10.2 Å². The number of ether oxygens (including phenoxy) is 1. The fraction of sp³-hybridized carbons (Fsp3) is 0.588. The van der Waals surface area contributed by atoms with E-state index in [0.717, 1.165) is 30.6 Å². The Balaban J connectivity index is 2.27. The summed E-state index contributed by atoms with van der Waals surface area (Å²) < 4.78 is 5.21. The summed E-state index contributed by atoms with van der Waals surface area (Å²) >= 11 is 0. The smallest absolute Gasteiger partial charge is 0.241 e. The number of nitrogens with one attached hydrogen (secondary N) is 1. The molecule has 21 heavy (non-hydrogen) atoms. The van der Waals surface area contributed by atoms with E-state index >= 15 is 0 Å². The van der Waals surface area contributed by atoms with Crippen LogP contribution in [-0.4, -0.2) is 30.0 Å². The van der Waals surface area contributed by atoms with E-state index in [-0.39, 0.29) is 24.2 Å². The highest BCUT2D eigenvalue weighted by Crippen LogP contribution is 2.30. The molecule has 1 N–H and O–H groups in total. The van der Waals surface area contributed by atoms with Crippen LogP contribution in [0.25, 0.3) is 0 Å². The fourth-order valence-corrected chi connectivity index (χ4v) is 2.86. The minimum atomic E-state index is -0.0592. The summed E-state index contributed by atoms with van der Waals surface area (Å²) in [7, 11) is 1.66. The third-order valence-electron chi connectivity index (χ3n) is 4.26. The predicted octanol–water partition coefficient (Wildman–Crippen LogP) is 3.09. The van der Waals surface area contributed by atoms with Crippen LogP contribution in [0.2, 0.25) is 0 Å². The minimum Gasteiger partial charge on any atom is -0.497 e. The van der Waals surface area contributed by atoms with Gasteiger partial charge in [-0.25, -0.2) is 0 Å². The number of hydrogen-bond acceptors (Lipinski definition) is 3. The van der Waals surface area contributed by atoms with Crippen LogP contribution in [0.5, 0.6) is 5.75 Å². The highest BCUT2D eigenvalue weighted by Gasteiger charge is 2.40. The van der Waals surface area contributed by atoms with Crippen molar-refractivity contribution < 1.29 is 9.53 Å². The Kier molecular flexibility index (Phi) is 5.23. The number of methoxy groups -OCH3 is 1. The molecule has 1 aliphatic rings. The first kappa shape index (κ1) is 15.8. The number of benzene rings is 1. The number of hydrogen-bond donors (Lipinski definition) is 1. The molecule has 0 aromatic heterocycles. The van der Waals surface area contributed by atoms with Gasteiger partial charge in [-0.1, -0.05) is 32.4 Å².